The zero-order valence-corrected chi connectivity index (χ0v) is 9.41. The SMILES string of the molecule is NCCCCNc1ccc(Cl)cc1Cl. The Kier molecular flexibility index (Phi) is 5.09. The van der Waals surface area contributed by atoms with Crippen molar-refractivity contribution in [3.05, 3.63) is 28.2 Å². The van der Waals surface area contributed by atoms with Gasteiger partial charge in [-0.1, -0.05) is 23.2 Å². The summed E-state index contributed by atoms with van der Waals surface area (Å²) in [6.07, 6.45) is 2.08. The average molecular weight is 233 g/mol. The molecule has 1 aromatic carbocycles. The monoisotopic (exact) mass is 232 g/mol. The van der Waals surface area contributed by atoms with E-state index in [-0.39, 0.29) is 0 Å². The van der Waals surface area contributed by atoms with E-state index < -0.39 is 0 Å². The van der Waals surface area contributed by atoms with E-state index in [0.29, 0.717) is 10.0 Å². The summed E-state index contributed by atoms with van der Waals surface area (Å²) in [7, 11) is 0. The molecule has 0 fully saturated rings. The van der Waals surface area contributed by atoms with Gasteiger partial charge in [0.2, 0.25) is 0 Å². The lowest BCUT2D eigenvalue weighted by Crippen LogP contribution is -2.05. The van der Waals surface area contributed by atoms with Crippen LogP contribution in [0.25, 0.3) is 0 Å². The van der Waals surface area contributed by atoms with Gasteiger partial charge in [-0.05, 0) is 37.6 Å². The van der Waals surface area contributed by atoms with Crippen molar-refractivity contribution in [1.29, 1.82) is 0 Å². The number of anilines is 1. The molecule has 2 nitrogen and oxygen atoms in total. The van der Waals surface area contributed by atoms with Gasteiger partial charge in [0.25, 0.3) is 0 Å². The molecule has 0 aliphatic heterocycles. The van der Waals surface area contributed by atoms with Gasteiger partial charge in [0.05, 0.1) is 10.7 Å². The van der Waals surface area contributed by atoms with E-state index in [2.05, 4.69) is 5.32 Å². The fourth-order valence-electron chi connectivity index (χ4n) is 1.13. The molecule has 1 aromatic rings. The summed E-state index contributed by atoms with van der Waals surface area (Å²) in [5.41, 5.74) is 6.31. The molecule has 78 valence electrons. The largest absolute Gasteiger partial charge is 0.384 e. The van der Waals surface area contributed by atoms with Crippen LogP contribution < -0.4 is 11.1 Å². The second kappa shape index (κ2) is 6.12. The van der Waals surface area contributed by atoms with Gasteiger partial charge in [0, 0.05) is 11.6 Å². The molecule has 0 aliphatic rings. The maximum Gasteiger partial charge on any atom is 0.0652 e. The lowest BCUT2D eigenvalue weighted by molar-refractivity contribution is 0.774. The average Bonchev–Trinajstić information content (AvgIpc) is 2.15. The van der Waals surface area contributed by atoms with Crippen LogP contribution in [-0.4, -0.2) is 13.1 Å². The number of hydrogen-bond donors (Lipinski definition) is 2. The quantitative estimate of drug-likeness (QED) is 0.766. The predicted octanol–water partition coefficient (Wildman–Crippen LogP) is 3.14. The number of halogens is 2. The molecule has 0 amide bonds. The van der Waals surface area contributed by atoms with E-state index in [1.54, 1.807) is 6.07 Å². The van der Waals surface area contributed by atoms with E-state index >= 15 is 0 Å². The highest BCUT2D eigenvalue weighted by molar-refractivity contribution is 6.36. The van der Waals surface area contributed by atoms with Gasteiger partial charge >= 0.3 is 0 Å². The Bertz CT molecular complexity index is 289. The van der Waals surface area contributed by atoms with Crippen LogP contribution >= 0.6 is 23.2 Å². The smallest absolute Gasteiger partial charge is 0.0652 e. The molecule has 1 rings (SSSR count). The van der Waals surface area contributed by atoms with Crippen molar-refractivity contribution in [2.24, 2.45) is 5.73 Å². The van der Waals surface area contributed by atoms with Gasteiger partial charge in [0.15, 0.2) is 0 Å². The number of rotatable bonds is 5. The number of hydrogen-bond acceptors (Lipinski definition) is 2. The second-order valence-corrected chi connectivity index (χ2v) is 3.89. The van der Waals surface area contributed by atoms with Gasteiger partial charge < -0.3 is 11.1 Å². The van der Waals surface area contributed by atoms with Gasteiger partial charge in [-0.25, -0.2) is 0 Å². The highest BCUT2D eigenvalue weighted by Gasteiger charge is 1.99. The van der Waals surface area contributed by atoms with E-state index in [0.717, 1.165) is 31.6 Å². The first kappa shape index (κ1) is 11.6. The molecule has 0 aromatic heterocycles. The number of nitrogens with two attached hydrogens (primary N) is 1. The third-order valence-electron chi connectivity index (χ3n) is 1.88. The minimum absolute atomic E-state index is 0.655. The minimum atomic E-state index is 0.655. The molecule has 3 N–H and O–H groups in total. The lowest BCUT2D eigenvalue weighted by Gasteiger charge is -2.07. The van der Waals surface area contributed by atoms with Crippen LogP contribution in [0.3, 0.4) is 0 Å². The van der Waals surface area contributed by atoms with Crippen molar-refractivity contribution < 1.29 is 0 Å². The summed E-state index contributed by atoms with van der Waals surface area (Å²) < 4.78 is 0. The van der Waals surface area contributed by atoms with Crippen molar-refractivity contribution in [2.75, 3.05) is 18.4 Å². The molecule has 14 heavy (non-hydrogen) atoms. The third-order valence-corrected chi connectivity index (χ3v) is 2.43. The molecule has 0 bridgehead atoms. The molecule has 0 saturated heterocycles. The van der Waals surface area contributed by atoms with Crippen molar-refractivity contribution in [1.82, 2.24) is 0 Å². The van der Waals surface area contributed by atoms with Gasteiger partial charge in [-0.15, -0.1) is 0 Å². The Morgan fingerprint density at radius 1 is 1.21 bits per heavy atom. The molecule has 4 heteroatoms. The van der Waals surface area contributed by atoms with Crippen molar-refractivity contribution in [3.8, 4) is 0 Å². The first-order chi connectivity index (χ1) is 6.74. The van der Waals surface area contributed by atoms with Gasteiger partial charge in [-0.3, -0.25) is 0 Å². The summed E-state index contributed by atoms with van der Waals surface area (Å²) >= 11 is 11.7. The van der Waals surface area contributed by atoms with Crippen LogP contribution in [0, 0.1) is 0 Å². The maximum absolute atomic E-state index is 5.97. The van der Waals surface area contributed by atoms with E-state index in [1.165, 1.54) is 0 Å². The molecule has 0 unspecified atom stereocenters. The maximum atomic E-state index is 5.97. The predicted molar refractivity (Wildman–Crippen MR) is 63.2 cm³/mol. The number of benzene rings is 1. The number of unbranched alkanes of at least 4 members (excludes halogenated alkanes) is 1. The standard InChI is InChI=1S/C10H14Cl2N2/c11-8-3-4-10(9(12)7-8)14-6-2-1-5-13/h3-4,7,14H,1-2,5-6,13H2. The summed E-state index contributed by atoms with van der Waals surface area (Å²) in [5.74, 6) is 0. The second-order valence-electron chi connectivity index (χ2n) is 3.05. The number of nitrogens with one attached hydrogen (secondary N) is 1. The van der Waals surface area contributed by atoms with Crippen molar-refractivity contribution >= 4 is 28.9 Å². The molecule has 0 radical (unpaired) electrons. The van der Waals surface area contributed by atoms with Gasteiger partial charge in [0.1, 0.15) is 0 Å². The first-order valence-corrected chi connectivity index (χ1v) is 5.38. The normalized spacial score (nSPS) is 10.2. The highest BCUT2D eigenvalue weighted by atomic mass is 35.5. The Morgan fingerprint density at radius 3 is 2.64 bits per heavy atom. The summed E-state index contributed by atoms with van der Waals surface area (Å²) in [5, 5.41) is 4.54. The molecule has 0 atom stereocenters. The summed E-state index contributed by atoms with van der Waals surface area (Å²) in [4.78, 5) is 0. The zero-order chi connectivity index (χ0) is 10.4. The van der Waals surface area contributed by atoms with E-state index in [4.69, 9.17) is 28.9 Å². The van der Waals surface area contributed by atoms with Crippen molar-refractivity contribution in [2.45, 2.75) is 12.8 Å². The van der Waals surface area contributed by atoms with Crippen LogP contribution in [0.2, 0.25) is 10.0 Å². The molecular formula is C10H14Cl2N2. The Hall–Kier alpha value is -0.440. The first-order valence-electron chi connectivity index (χ1n) is 4.63. The summed E-state index contributed by atoms with van der Waals surface area (Å²) in [6.45, 7) is 1.62. The molecular weight excluding hydrogens is 219 g/mol. The molecule has 0 aliphatic carbocycles. The molecule has 0 heterocycles. The fourth-order valence-corrected chi connectivity index (χ4v) is 1.60. The fraction of sp³-hybridized carbons (Fsp3) is 0.400. The van der Waals surface area contributed by atoms with Crippen LogP contribution in [0.5, 0.6) is 0 Å². The van der Waals surface area contributed by atoms with Gasteiger partial charge in [-0.2, -0.15) is 0 Å². The Labute approximate surface area is 94.4 Å². The Balaban J connectivity index is 2.42. The van der Waals surface area contributed by atoms with E-state index in [1.807, 2.05) is 12.1 Å². The van der Waals surface area contributed by atoms with Crippen LogP contribution in [0.4, 0.5) is 5.69 Å². The minimum Gasteiger partial charge on any atom is -0.384 e. The molecule has 0 spiro atoms. The highest BCUT2D eigenvalue weighted by Crippen LogP contribution is 2.25. The summed E-state index contributed by atoms with van der Waals surface area (Å²) in [6, 6.07) is 5.43. The van der Waals surface area contributed by atoms with E-state index in [9.17, 15) is 0 Å². The lowest BCUT2D eigenvalue weighted by atomic mass is 10.3. The Morgan fingerprint density at radius 2 is 2.00 bits per heavy atom. The van der Waals surface area contributed by atoms with Crippen LogP contribution in [-0.2, 0) is 0 Å². The molecule has 0 saturated carbocycles. The third kappa shape index (κ3) is 3.74. The van der Waals surface area contributed by atoms with Crippen LogP contribution in [0.15, 0.2) is 18.2 Å². The topological polar surface area (TPSA) is 38.0 Å². The zero-order valence-electron chi connectivity index (χ0n) is 7.89. The van der Waals surface area contributed by atoms with Crippen molar-refractivity contribution in [3.63, 3.8) is 0 Å². The van der Waals surface area contributed by atoms with Crippen LogP contribution in [0.1, 0.15) is 12.8 Å².